The second kappa shape index (κ2) is 20.1. The van der Waals surface area contributed by atoms with Crippen LogP contribution < -0.4 is 10.1 Å². The SMILES string of the molecule is CC[C@H]1CC[C@H](C2CC=C(c3cnc(-c4ccc(CN(CC(=O)N5CC[C@H](C(C)=O)C5)C(=O)c5ccc(NC(=O)Cc6ccc(OC)cc6C(F)(F)F)cc5)cc4)nc3)CC2)CC1. The number of nitrogens with zero attached hydrogens (tertiary/aromatic N) is 4. The summed E-state index contributed by atoms with van der Waals surface area (Å²) in [5, 5.41) is 2.61. The Balaban J connectivity index is 1.00. The van der Waals surface area contributed by atoms with Crippen LogP contribution in [-0.2, 0) is 33.5 Å². The highest BCUT2D eigenvalue weighted by molar-refractivity contribution is 5.98. The number of carbonyl (C=O) groups is 4. The number of Topliss-reactive ketones (excluding diaryl/α,β-unsaturated/α-hetero) is 1. The van der Waals surface area contributed by atoms with E-state index in [0.717, 1.165) is 53.4 Å². The number of carbonyl (C=O) groups excluding carboxylic acids is 4. The van der Waals surface area contributed by atoms with E-state index >= 15 is 0 Å². The van der Waals surface area contributed by atoms with Crippen molar-refractivity contribution in [2.45, 2.75) is 90.8 Å². The fraction of sp³-hybridized carbons (Fsp3) is 0.440. The summed E-state index contributed by atoms with van der Waals surface area (Å²) in [5.41, 5.74) is 3.30. The molecule has 3 aromatic carbocycles. The van der Waals surface area contributed by atoms with Gasteiger partial charge in [-0.05, 0) is 116 Å². The molecule has 3 amide bonds. The molecular weight excluding hydrogens is 808 g/mol. The molecule has 4 aromatic rings. The summed E-state index contributed by atoms with van der Waals surface area (Å²) in [4.78, 5) is 65.0. The Morgan fingerprint density at radius 3 is 2.19 bits per heavy atom. The predicted octanol–water partition coefficient (Wildman–Crippen LogP) is 9.83. The number of hydrogen-bond donors (Lipinski definition) is 1. The topological polar surface area (TPSA) is 122 Å². The van der Waals surface area contributed by atoms with Gasteiger partial charge in [-0.15, -0.1) is 0 Å². The van der Waals surface area contributed by atoms with Crippen LogP contribution in [0.3, 0.4) is 0 Å². The molecule has 332 valence electrons. The average Bonchev–Trinajstić information content (AvgIpc) is 3.81. The molecule has 0 bridgehead atoms. The zero-order valence-electron chi connectivity index (χ0n) is 36.3. The first-order valence-electron chi connectivity index (χ1n) is 22.1. The standard InChI is InChI=1S/C50H56F3N5O5/c1-4-33-5-9-35(10-6-33)36-13-15-37(16-14-36)42-27-54-48(55-28-42)38-11-7-34(8-12-38)29-58(31-47(61)57-24-23-41(30-57)32(2)59)49(62)39-17-20-43(21-18-39)56-46(60)25-40-19-22-44(63-3)26-45(40)50(51,52)53/h7-8,11-12,15,17-22,26-28,33,35-36,41H,4-6,9-10,13-14,16,23-25,29-31H2,1-3H3,(H,56,60)/t33-,35-,36?,41-/m0/s1. The van der Waals surface area contributed by atoms with Gasteiger partial charge in [-0.3, -0.25) is 19.2 Å². The summed E-state index contributed by atoms with van der Waals surface area (Å²) in [6.07, 6.45) is 11.7. The zero-order chi connectivity index (χ0) is 44.7. The number of methoxy groups -OCH3 is 1. The lowest BCUT2D eigenvalue weighted by Gasteiger charge is -2.35. The van der Waals surface area contributed by atoms with Gasteiger partial charge in [0.15, 0.2) is 5.82 Å². The minimum atomic E-state index is -4.68. The minimum absolute atomic E-state index is 0.0214. The normalized spacial score (nSPS) is 20.2. The van der Waals surface area contributed by atoms with Crippen LogP contribution in [0.15, 0.2) is 85.2 Å². The van der Waals surface area contributed by atoms with Gasteiger partial charge in [-0.25, -0.2) is 9.97 Å². The van der Waals surface area contributed by atoms with Crippen molar-refractivity contribution in [1.82, 2.24) is 19.8 Å². The summed E-state index contributed by atoms with van der Waals surface area (Å²) in [5.74, 6) is 1.53. The van der Waals surface area contributed by atoms with Crippen LogP contribution in [0.1, 0.15) is 104 Å². The number of benzene rings is 3. The Labute approximate surface area is 367 Å². The summed E-state index contributed by atoms with van der Waals surface area (Å²) in [6, 6.07) is 16.9. The monoisotopic (exact) mass is 863 g/mol. The smallest absolute Gasteiger partial charge is 0.416 e. The van der Waals surface area contributed by atoms with E-state index in [-0.39, 0.29) is 53.3 Å². The number of amides is 3. The Kier molecular flexibility index (Phi) is 14.4. The third-order valence-corrected chi connectivity index (χ3v) is 13.3. The van der Waals surface area contributed by atoms with Gasteiger partial charge in [0.2, 0.25) is 11.8 Å². The van der Waals surface area contributed by atoms with Gasteiger partial charge in [-0.1, -0.05) is 62.6 Å². The fourth-order valence-electron chi connectivity index (χ4n) is 9.37. The van der Waals surface area contributed by atoms with E-state index in [2.05, 4.69) is 18.3 Å². The van der Waals surface area contributed by atoms with Crippen molar-refractivity contribution < 1.29 is 37.1 Å². The first kappa shape index (κ1) is 45.2. The fourth-order valence-corrected chi connectivity index (χ4v) is 9.37. The third-order valence-electron chi connectivity index (χ3n) is 13.3. The van der Waals surface area contributed by atoms with E-state index in [1.54, 1.807) is 4.90 Å². The molecule has 1 saturated carbocycles. The number of hydrogen-bond acceptors (Lipinski definition) is 7. The molecule has 2 aliphatic carbocycles. The number of alkyl halides is 3. The highest BCUT2D eigenvalue weighted by Crippen LogP contribution is 2.42. The van der Waals surface area contributed by atoms with E-state index in [1.165, 1.54) is 99.4 Å². The van der Waals surface area contributed by atoms with Crippen LogP contribution in [0.2, 0.25) is 0 Å². The van der Waals surface area contributed by atoms with Crippen molar-refractivity contribution >= 4 is 34.8 Å². The number of allylic oxidation sites excluding steroid dienone is 2. The van der Waals surface area contributed by atoms with Crippen molar-refractivity contribution in [3.05, 3.63) is 113 Å². The van der Waals surface area contributed by atoms with Gasteiger partial charge < -0.3 is 19.9 Å². The largest absolute Gasteiger partial charge is 0.497 e. The first-order chi connectivity index (χ1) is 30.3. The second-order valence-corrected chi connectivity index (χ2v) is 17.4. The van der Waals surface area contributed by atoms with Gasteiger partial charge >= 0.3 is 6.18 Å². The molecule has 1 saturated heterocycles. The number of aromatic nitrogens is 2. The van der Waals surface area contributed by atoms with Crippen LogP contribution in [0.4, 0.5) is 18.9 Å². The minimum Gasteiger partial charge on any atom is -0.497 e. The van der Waals surface area contributed by atoms with Crippen LogP contribution in [0.25, 0.3) is 17.0 Å². The molecular formula is C50H56F3N5O5. The molecule has 10 nitrogen and oxygen atoms in total. The average molecular weight is 864 g/mol. The lowest BCUT2D eigenvalue weighted by molar-refractivity contribution is -0.138. The maximum Gasteiger partial charge on any atom is 0.416 e. The summed E-state index contributed by atoms with van der Waals surface area (Å²) in [6.45, 7) is 4.43. The van der Waals surface area contributed by atoms with Gasteiger partial charge in [-0.2, -0.15) is 13.2 Å². The van der Waals surface area contributed by atoms with Gasteiger partial charge in [0, 0.05) is 60.3 Å². The zero-order valence-corrected chi connectivity index (χ0v) is 36.3. The maximum absolute atomic E-state index is 14.1. The molecule has 1 N–H and O–H groups in total. The molecule has 2 fully saturated rings. The van der Waals surface area contributed by atoms with Crippen LogP contribution >= 0.6 is 0 Å². The van der Waals surface area contributed by atoms with E-state index in [4.69, 9.17) is 14.7 Å². The van der Waals surface area contributed by atoms with E-state index in [0.29, 0.717) is 25.3 Å². The highest BCUT2D eigenvalue weighted by atomic mass is 19.4. The van der Waals surface area contributed by atoms with Gasteiger partial charge in [0.1, 0.15) is 18.1 Å². The van der Waals surface area contributed by atoms with Crippen molar-refractivity contribution in [2.24, 2.45) is 23.7 Å². The molecule has 1 aromatic heterocycles. The molecule has 2 heterocycles. The van der Waals surface area contributed by atoms with Crippen molar-refractivity contribution in [3.8, 4) is 17.1 Å². The number of nitrogens with one attached hydrogen (secondary N) is 1. The first-order valence-corrected chi connectivity index (χ1v) is 22.1. The third kappa shape index (κ3) is 11.4. The second-order valence-electron chi connectivity index (χ2n) is 17.4. The molecule has 1 aliphatic heterocycles. The molecule has 13 heteroatoms. The summed E-state index contributed by atoms with van der Waals surface area (Å²) < 4.78 is 46.1. The number of anilines is 1. The number of likely N-dealkylation sites (tertiary alicyclic amines) is 1. The number of ketones is 1. The molecule has 0 radical (unpaired) electrons. The molecule has 1 unspecified atom stereocenters. The Morgan fingerprint density at radius 1 is 0.873 bits per heavy atom. The van der Waals surface area contributed by atoms with Crippen LogP contribution in [0.5, 0.6) is 5.75 Å². The van der Waals surface area contributed by atoms with E-state index in [1.807, 2.05) is 36.7 Å². The maximum atomic E-state index is 14.1. The van der Waals surface area contributed by atoms with E-state index in [9.17, 15) is 32.3 Å². The van der Waals surface area contributed by atoms with Crippen LogP contribution in [-0.4, -0.2) is 70.0 Å². The Morgan fingerprint density at radius 2 is 1.59 bits per heavy atom. The van der Waals surface area contributed by atoms with Crippen molar-refractivity contribution in [3.63, 3.8) is 0 Å². The molecule has 2 atom stereocenters. The molecule has 63 heavy (non-hydrogen) atoms. The van der Waals surface area contributed by atoms with E-state index < -0.39 is 30.0 Å². The Hall–Kier alpha value is -5.85. The number of halogens is 3. The van der Waals surface area contributed by atoms with Gasteiger partial charge in [0.05, 0.1) is 19.1 Å². The molecule has 3 aliphatic rings. The lowest BCUT2D eigenvalue weighted by atomic mass is 9.71. The molecule has 7 rings (SSSR count). The lowest BCUT2D eigenvalue weighted by Crippen LogP contribution is -2.42. The van der Waals surface area contributed by atoms with Crippen molar-refractivity contribution in [2.75, 3.05) is 32.1 Å². The number of rotatable bonds is 14. The Bertz CT molecular complexity index is 2290. The molecule has 0 spiro atoms. The number of ether oxygens (including phenoxy) is 1. The van der Waals surface area contributed by atoms with Crippen molar-refractivity contribution in [1.29, 1.82) is 0 Å². The van der Waals surface area contributed by atoms with Crippen LogP contribution in [0, 0.1) is 23.7 Å². The summed E-state index contributed by atoms with van der Waals surface area (Å²) >= 11 is 0. The highest BCUT2D eigenvalue weighted by Gasteiger charge is 2.35. The quantitative estimate of drug-likeness (QED) is 0.134. The predicted molar refractivity (Wildman–Crippen MR) is 235 cm³/mol. The van der Waals surface area contributed by atoms with Gasteiger partial charge in [0.25, 0.3) is 5.91 Å². The summed E-state index contributed by atoms with van der Waals surface area (Å²) in [7, 11) is 1.26.